The van der Waals surface area contributed by atoms with Crippen molar-refractivity contribution in [2.45, 2.75) is 37.9 Å². The van der Waals surface area contributed by atoms with Gasteiger partial charge in [0.2, 0.25) is 0 Å². The third kappa shape index (κ3) is 3.57. The molecule has 0 aliphatic carbocycles. The zero-order valence-electron chi connectivity index (χ0n) is 13.7. The number of nitrogens with two attached hydrogens (primary N) is 1. The van der Waals surface area contributed by atoms with E-state index in [4.69, 9.17) is 10.5 Å². The molecule has 118 valence electrons. The molecule has 4 heteroatoms. The van der Waals surface area contributed by atoms with Gasteiger partial charge in [-0.2, -0.15) is 0 Å². The zero-order valence-corrected chi connectivity index (χ0v) is 13.7. The van der Waals surface area contributed by atoms with Gasteiger partial charge in [-0.25, -0.2) is 0 Å². The number of likely N-dealkylation sites (N-methyl/N-ethyl adjacent to an activating group) is 1. The lowest BCUT2D eigenvalue weighted by atomic mass is 9.95. The summed E-state index contributed by atoms with van der Waals surface area (Å²) < 4.78 is 5.56. The Hall–Kier alpha value is -1.10. The molecule has 1 aliphatic heterocycles. The Morgan fingerprint density at radius 3 is 2.67 bits per heavy atom. The molecule has 0 radical (unpaired) electrons. The Balaban J connectivity index is 2.27. The maximum atomic E-state index is 6.46. The summed E-state index contributed by atoms with van der Waals surface area (Å²) in [7, 11) is 6.05. The van der Waals surface area contributed by atoms with Gasteiger partial charge >= 0.3 is 0 Å². The maximum Gasteiger partial charge on any atom is 0.123 e. The Morgan fingerprint density at radius 1 is 1.38 bits per heavy atom. The molecule has 3 atom stereocenters. The predicted molar refractivity (Wildman–Crippen MR) is 87.7 cm³/mol. The van der Waals surface area contributed by atoms with Crippen LogP contribution in [-0.2, 0) is 0 Å². The second-order valence-corrected chi connectivity index (χ2v) is 6.16. The number of hydrogen-bond donors (Lipinski definition) is 1. The van der Waals surface area contributed by atoms with Crippen molar-refractivity contribution in [1.29, 1.82) is 0 Å². The number of nitrogens with zero attached hydrogens (tertiary/aromatic N) is 2. The van der Waals surface area contributed by atoms with E-state index in [-0.39, 0.29) is 12.1 Å². The topological polar surface area (TPSA) is 41.7 Å². The van der Waals surface area contributed by atoms with E-state index in [1.165, 1.54) is 12.0 Å². The average molecular weight is 291 g/mol. The van der Waals surface area contributed by atoms with Gasteiger partial charge < -0.3 is 15.4 Å². The lowest BCUT2D eigenvalue weighted by molar-refractivity contribution is 0.186. The summed E-state index contributed by atoms with van der Waals surface area (Å²) in [6.45, 7) is 4.33. The molecule has 0 aromatic heterocycles. The second-order valence-electron chi connectivity index (χ2n) is 6.16. The molecule has 0 bridgehead atoms. The first kappa shape index (κ1) is 16.3. The summed E-state index contributed by atoms with van der Waals surface area (Å²) in [6, 6.07) is 9.26. The molecule has 2 rings (SSSR count). The number of hydrogen-bond acceptors (Lipinski definition) is 4. The molecule has 1 fully saturated rings. The number of benzene rings is 1. The van der Waals surface area contributed by atoms with Crippen molar-refractivity contribution in [3.63, 3.8) is 0 Å². The van der Waals surface area contributed by atoms with Crippen molar-refractivity contribution in [2.24, 2.45) is 5.73 Å². The summed E-state index contributed by atoms with van der Waals surface area (Å²) in [5.74, 6) is 0.944. The molecule has 1 aliphatic rings. The minimum Gasteiger partial charge on any atom is -0.496 e. The molecule has 1 aromatic carbocycles. The van der Waals surface area contributed by atoms with Crippen LogP contribution in [0.5, 0.6) is 5.75 Å². The first-order chi connectivity index (χ1) is 10.1. The first-order valence-electron chi connectivity index (χ1n) is 7.87. The Morgan fingerprint density at radius 2 is 2.10 bits per heavy atom. The van der Waals surface area contributed by atoms with Crippen LogP contribution in [0.3, 0.4) is 0 Å². The van der Waals surface area contributed by atoms with Crippen LogP contribution >= 0.6 is 0 Å². The highest BCUT2D eigenvalue weighted by molar-refractivity contribution is 5.37. The van der Waals surface area contributed by atoms with E-state index < -0.39 is 0 Å². The van der Waals surface area contributed by atoms with Crippen molar-refractivity contribution in [3.05, 3.63) is 29.8 Å². The molecule has 0 amide bonds. The normalized spacial score (nSPS) is 22.5. The molecule has 1 heterocycles. The molecule has 1 aromatic rings. The number of para-hydroxylation sites is 1. The molecule has 0 spiro atoms. The molecule has 2 N–H and O–H groups in total. The van der Waals surface area contributed by atoms with E-state index in [0.717, 1.165) is 25.3 Å². The fraction of sp³-hybridized carbons (Fsp3) is 0.647. The molecule has 1 saturated heterocycles. The monoisotopic (exact) mass is 291 g/mol. The highest BCUT2D eigenvalue weighted by Crippen LogP contribution is 2.34. The van der Waals surface area contributed by atoms with Crippen LogP contribution in [0, 0.1) is 0 Å². The maximum absolute atomic E-state index is 6.46. The standard InChI is InChI=1S/C17H29N3O/c1-5-15(18)17(14-8-6-7-9-16(14)21-4)20-11-10-13(12-20)19(2)3/h6-9,13,15,17H,5,10-12,18H2,1-4H3. The van der Waals surface area contributed by atoms with Crippen molar-refractivity contribution in [3.8, 4) is 5.75 Å². The van der Waals surface area contributed by atoms with Crippen LogP contribution in [0.15, 0.2) is 24.3 Å². The van der Waals surface area contributed by atoms with Crippen LogP contribution in [0.2, 0.25) is 0 Å². The molecule has 0 saturated carbocycles. The molecular weight excluding hydrogens is 262 g/mol. The van der Waals surface area contributed by atoms with Crippen LogP contribution in [-0.4, -0.2) is 56.2 Å². The molecule has 3 unspecified atom stereocenters. The third-order valence-electron chi connectivity index (χ3n) is 4.65. The van der Waals surface area contributed by atoms with Crippen molar-refractivity contribution in [1.82, 2.24) is 9.80 Å². The van der Waals surface area contributed by atoms with Crippen LogP contribution in [0.4, 0.5) is 0 Å². The second kappa shape index (κ2) is 7.25. The Labute approximate surface area is 128 Å². The van der Waals surface area contributed by atoms with E-state index in [0.29, 0.717) is 6.04 Å². The lowest BCUT2D eigenvalue weighted by Gasteiger charge is -2.34. The lowest BCUT2D eigenvalue weighted by Crippen LogP contribution is -2.41. The fourth-order valence-electron chi connectivity index (χ4n) is 3.27. The van der Waals surface area contributed by atoms with Gasteiger partial charge in [-0.1, -0.05) is 25.1 Å². The van der Waals surface area contributed by atoms with E-state index in [1.807, 2.05) is 12.1 Å². The number of ether oxygens (including phenoxy) is 1. The van der Waals surface area contributed by atoms with Gasteiger partial charge in [0.25, 0.3) is 0 Å². The van der Waals surface area contributed by atoms with Gasteiger partial charge in [0.15, 0.2) is 0 Å². The predicted octanol–water partition coefficient (Wildman–Crippen LogP) is 2.11. The summed E-state index contributed by atoms with van der Waals surface area (Å²) >= 11 is 0. The number of methoxy groups -OCH3 is 1. The molecule has 21 heavy (non-hydrogen) atoms. The minimum absolute atomic E-state index is 0.127. The Bertz CT molecular complexity index is 449. The van der Waals surface area contributed by atoms with Gasteiger partial charge in [0.05, 0.1) is 13.2 Å². The van der Waals surface area contributed by atoms with E-state index in [2.05, 4.69) is 43.0 Å². The minimum atomic E-state index is 0.127. The SMILES string of the molecule is CCC(N)C(c1ccccc1OC)N1CCC(N(C)C)C1. The van der Waals surface area contributed by atoms with Gasteiger partial charge in [0.1, 0.15) is 5.75 Å². The van der Waals surface area contributed by atoms with E-state index >= 15 is 0 Å². The number of rotatable bonds is 6. The van der Waals surface area contributed by atoms with Gasteiger partial charge in [-0.15, -0.1) is 0 Å². The average Bonchev–Trinajstić information content (AvgIpc) is 2.97. The van der Waals surface area contributed by atoms with Crippen molar-refractivity contribution >= 4 is 0 Å². The van der Waals surface area contributed by atoms with Gasteiger partial charge in [-0.05, 0) is 33.0 Å². The van der Waals surface area contributed by atoms with Crippen LogP contribution in [0.25, 0.3) is 0 Å². The summed E-state index contributed by atoms with van der Waals surface area (Å²) in [4.78, 5) is 4.84. The highest BCUT2D eigenvalue weighted by Gasteiger charge is 2.34. The zero-order chi connectivity index (χ0) is 15.4. The summed E-state index contributed by atoms with van der Waals surface area (Å²) in [5.41, 5.74) is 7.68. The number of likely N-dealkylation sites (tertiary alicyclic amines) is 1. The van der Waals surface area contributed by atoms with Crippen molar-refractivity contribution in [2.75, 3.05) is 34.3 Å². The van der Waals surface area contributed by atoms with Gasteiger partial charge in [0, 0.05) is 30.7 Å². The van der Waals surface area contributed by atoms with Crippen LogP contribution in [0.1, 0.15) is 31.4 Å². The molecular formula is C17H29N3O. The highest BCUT2D eigenvalue weighted by atomic mass is 16.5. The first-order valence-corrected chi connectivity index (χ1v) is 7.87. The third-order valence-corrected chi connectivity index (χ3v) is 4.65. The van der Waals surface area contributed by atoms with E-state index in [1.54, 1.807) is 7.11 Å². The molecule has 4 nitrogen and oxygen atoms in total. The largest absolute Gasteiger partial charge is 0.496 e. The quantitative estimate of drug-likeness (QED) is 0.871. The van der Waals surface area contributed by atoms with Crippen molar-refractivity contribution < 1.29 is 4.74 Å². The smallest absolute Gasteiger partial charge is 0.123 e. The fourth-order valence-corrected chi connectivity index (χ4v) is 3.27. The van der Waals surface area contributed by atoms with E-state index in [9.17, 15) is 0 Å². The summed E-state index contributed by atoms with van der Waals surface area (Å²) in [6.07, 6.45) is 2.17. The Kier molecular flexibility index (Phi) is 5.62. The van der Waals surface area contributed by atoms with Crippen LogP contribution < -0.4 is 10.5 Å². The summed E-state index contributed by atoms with van der Waals surface area (Å²) in [5, 5.41) is 0. The van der Waals surface area contributed by atoms with Gasteiger partial charge in [-0.3, -0.25) is 4.90 Å².